The average Bonchev–Trinajstić information content (AvgIpc) is 2.74. The van der Waals surface area contributed by atoms with Crippen molar-refractivity contribution in [3.05, 3.63) is 17.0 Å². The van der Waals surface area contributed by atoms with Gasteiger partial charge in [-0.1, -0.05) is 20.8 Å². The van der Waals surface area contributed by atoms with Crippen molar-refractivity contribution in [3.8, 4) is 0 Å². The van der Waals surface area contributed by atoms with Crippen LogP contribution in [0.5, 0.6) is 0 Å². The summed E-state index contributed by atoms with van der Waals surface area (Å²) < 4.78 is 5.11. The van der Waals surface area contributed by atoms with E-state index in [1.165, 1.54) is 11.3 Å². The second-order valence-corrected chi connectivity index (χ2v) is 5.54. The molecule has 1 aromatic heterocycles. The van der Waals surface area contributed by atoms with Crippen LogP contribution in [-0.2, 0) is 9.53 Å². The predicted molar refractivity (Wildman–Crippen MR) is 73.0 cm³/mol. The zero-order valence-corrected chi connectivity index (χ0v) is 11.8. The van der Waals surface area contributed by atoms with Crippen molar-refractivity contribution >= 4 is 28.2 Å². The number of rotatable bonds is 6. The monoisotopic (exact) mass is 269 g/mol. The number of thiophene rings is 1. The van der Waals surface area contributed by atoms with Gasteiger partial charge in [0.1, 0.15) is 4.88 Å². The molecule has 0 spiro atoms. The van der Waals surface area contributed by atoms with Gasteiger partial charge >= 0.3 is 5.97 Å². The normalized spacial score (nSPS) is 10.4. The molecule has 1 amide bonds. The molecule has 1 rings (SSSR count). The number of amides is 1. The quantitative estimate of drug-likeness (QED) is 0.806. The summed E-state index contributed by atoms with van der Waals surface area (Å²) in [5.74, 6) is -0.0382. The Labute approximate surface area is 111 Å². The zero-order valence-electron chi connectivity index (χ0n) is 11.0. The first-order valence-electron chi connectivity index (χ1n) is 6.09. The van der Waals surface area contributed by atoms with E-state index in [1.807, 2.05) is 20.8 Å². The molecule has 1 heterocycles. The smallest absolute Gasteiger partial charge is 0.348 e. The lowest BCUT2D eigenvalue weighted by Crippen LogP contribution is -2.09. The van der Waals surface area contributed by atoms with Gasteiger partial charge in [0.25, 0.3) is 0 Å². The largest absolute Gasteiger partial charge is 0.461 e. The summed E-state index contributed by atoms with van der Waals surface area (Å²) >= 11 is 1.24. The van der Waals surface area contributed by atoms with E-state index in [-0.39, 0.29) is 11.9 Å². The van der Waals surface area contributed by atoms with Crippen LogP contribution in [0.1, 0.15) is 43.3 Å². The highest BCUT2D eigenvalue weighted by Crippen LogP contribution is 2.23. The summed E-state index contributed by atoms with van der Waals surface area (Å²) in [6.07, 6.45) is 1.30. The Kier molecular flexibility index (Phi) is 5.85. The van der Waals surface area contributed by atoms with E-state index in [9.17, 15) is 9.59 Å². The molecule has 0 radical (unpaired) electrons. The molecule has 0 aliphatic carbocycles. The second-order valence-electron chi connectivity index (χ2n) is 4.45. The van der Waals surface area contributed by atoms with Crippen molar-refractivity contribution in [3.63, 3.8) is 0 Å². The third-order valence-corrected chi connectivity index (χ3v) is 3.08. The lowest BCUT2D eigenvalue weighted by molar-refractivity contribution is -0.116. The molecule has 0 atom stereocenters. The van der Waals surface area contributed by atoms with Gasteiger partial charge in [0.15, 0.2) is 0 Å². The lowest BCUT2D eigenvalue weighted by atomic mass is 10.2. The van der Waals surface area contributed by atoms with Crippen LogP contribution in [0.15, 0.2) is 12.1 Å². The minimum absolute atomic E-state index is 0.0264. The highest BCUT2D eigenvalue weighted by molar-refractivity contribution is 7.18. The van der Waals surface area contributed by atoms with Crippen LogP contribution < -0.4 is 5.32 Å². The molecule has 0 fully saturated rings. The molecule has 4 nitrogen and oxygen atoms in total. The maximum Gasteiger partial charge on any atom is 0.348 e. The van der Waals surface area contributed by atoms with Crippen molar-refractivity contribution in [2.24, 2.45) is 5.92 Å². The second kappa shape index (κ2) is 7.16. The van der Waals surface area contributed by atoms with E-state index in [0.717, 1.165) is 6.42 Å². The van der Waals surface area contributed by atoms with Crippen molar-refractivity contribution in [1.29, 1.82) is 0 Å². The van der Waals surface area contributed by atoms with Gasteiger partial charge in [-0.05, 0) is 24.5 Å². The number of esters is 1. The van der Waals surface area contributed by atoms with E-state index in [0.29, 0.717) is 28.8 Å². The predicted octanol–water partition coefficient (Wildman–Crippen LogP) is 3.30. The number of carbonyl (C=O) groups is 2. The van der Waals surface area contributed by atoms with Crippen LogP contribution in [0, 0.1) is 5.92 Å². The van der Waals surface area contributed by atoms with Gasteiger partial charge in [0.2, 0.25) is 5.91 Å². The SMILES string of the molecule is CCCC(=O)Nc1ccc(C(=O)OCC(C)C)s1. The Morgan fingerprint density at radius 3 is 2.72 bits per heavy atom. The number of nitrogens with one attached hydrogen (secondary N) is 1. The fourth-order valence-electron chi connectivity index (χ4n) is 1.26. The summed E-state index contributed by atoms with van der Waals surface area (Å²) in [5, 5.41) is 3.44. The van der Waals surface area contributed by atoms with Crippen LogP contribution in [0.2, 0.25) is 0 Å². The lowest BCUT2D eigenvalue weighted by Gasteiger charge is -2.05. The molecule has 0 unspecified atom stereocenters. The molecule has 0 aliphatic rings. The average molecular weight is 269 g/mol. The molecule has 100 valence electrons. The number of anilines is 1. The molecule has 0 bridgehead atoms. The van der Waals surface area contributed by atoms with Gasteiger partial charge in [-0.2, -0.15) is 0 Å². The third-order valence-electron chi connectivity index (χ3n) is 2.09. The minimum atomic E-state index is -0.329. The molecule has 1 N–H and O–H groups in total. The first kappa shape index (κ1) is 14.7. The maximum absolute atomic E-state index is 11.6. The summed E-state index contributed by atoms with van der Waals surface area (Å²) in [5.41, 5.74) is 0. The number of carbonyl (C=O) groups excluding carboxylic acids is 2. The number of hydrogen-bond acceptors (Lipinski definition) is 4. The summed E-state index contributed by atoms with van der Waals surface area (Å²) in [6.45, 7) is 6.33. The van der Waals surface area contributed by atoms with Crippen LogP contribution >= 0.6 is 11.3 Å². The number of ether oxygens (including phenoxy) is 1. The van der Waals surface area contributed by atoms with Gasteiger partial charge in [0.05, 0.1) is 11.6 Å². The number of hydrogen-bond donors (Lipinski definition) is 1. The van der Waals surface area contributed by atoms with Crippen LogP contribution in [0.3, 0.4) is 0 Å². The molecule has 5 heteroatoms. The molecule has 18 heavy (non-hydrogen) atoms. The van der Waals surface area contributed by atoms with Gasteiger partial charge in [0, 0.05) is 6.42 Å². The van der Waals surface area contributed by atoms with Crippen molar-refractivity contribution in [1.82, 2.24) is 0 Å². The van der Waals surface area contributed by atoms with Gasteiger partial charge < -0.3 is 10.1 Å². The maximum atomic E-state index is 11.6. The molecule has 0 aromatic carbocycles. The van der Waals surface area contributed by atoms with Crippen molar-refractivity contribution < 1.29 is 14.3 Å². The van der Waals surface area contributed by atoms with Crippen LogP contribution in [0.25, 0.3) is 0 Å². The van der Waals surface area contributed by atoms with E-state index in [2.05, 4.69) is 5.32 Å². The zero-order chi connectivity index (χ0) is 13.5. The van der Waals surface area contributed by atoms with Crippen LogP contribution in [-0.4, -0.2) is 18.5 Å². The topological polar surface area (TPSA) is 55.4 Å². The van der Waals surface area contributed by atoms with Crippen LogP contribution in [0.4, 0.5) is 5.00 Å². The van der Waals surface area contributed by atoms with Crippen molar-refractivity contribution in [2.45, 2.75) is 33.6 Å². The standard InChI is InChI=1S/C13H19NO3S/c1-4-5-11(15)14-12-7-6-10(18-12)13(16)17-8-9(2)3/h6-7,9H,4-5,8H2,1-3H3,(H,14,15). The Morgan fingerprint density at radius 1 is 1.39 bits per heavy atom. The Morgan fingerprint density at radius 2 is 2.11 bits per heavy atom. The van der Waals surface area contributed by atoms with Gasteiger partial charge in [-0.3, -0.25) is 4.79 Å². The van der Waals surface area contributed by atoms with E-state index < -0.39 is 0 Å². The van der Waals surface area contributed by atoms with E-state index in [1.54, 1.807) is 12.1 Å². The fourth-order valence-corrected chi connectivity index (χ4v) is 2.07. The molecular weight excluding hydrogens is 250 g/mol. The Balaban J connectivity index is 2.52. The Bertz CT molecular complexity index is 412. The Hall–Kier alpha value is -1.36. The molecule has 0 aliphatic heterocycles. The summed E-state index contributed by atoms with van der Waals surface area (Å²) in [4.78, 5) is 23.6. The molecular formula is C13H19NO3S. The highest BCUT2D eigenvalue weighted by Gasteiger charge is 2.12. The summed E-state index contributed by atoms with van der Waals surface area (Å²) in [7, 11) is 0. The fraction of sp³-hybridized carbons (Fsp3) is 0.538. The van der Waals surface area contributed by atoms with E-state index >= 15 is 0 Å². The molecule has 0 saturated carbocycles. The molecule has 1 aromatic rings. The highest BCUT2D eigenvalue weighted by atomic mass is 32.1. The first-order chi connectivity index (χ1) is 8.52. The van der Waals surface area contributed by atoms with Gasteiger partial charge in [-0.15, -0.1) is 11.3 Å². The first-order valence-corrected chi connectivity index (χ1v) is 6.91. The third kappa shape index (κ3) is 4.87. The van der Waals surface area contributed by atoms with Gasteiger partial charge in [-0.25, -0.2) is 4.79 Å². The van der Waals surface area contributed by atoms with Crippen molar-refractivity contribution in [2.75, 3.05) is 11.9 Å². The van der Waals surface area contributed by atoms with E-state index in [4.69, 9.17) is 4.74 Å². The summed E-state index contributed by atoms with van der Waals surface area (Å²) in [6, 6.07) is 3.40. The molecule has 0 saturated heterocycles. The minimum Gasteiger partial charge on any atom is -0.461 e.